The first-order chi connectivity index (χ1) is 10.0. The summed E-state index contributed by atoms with van der Waals surface area (Å²) < 4.78 is 32.4. The lowest BCUT2D eigenvalue weighted by Gasteiger charge is -2.36. The van der Waals surface area contributed by atoms with Crippen LogP contribution >= 0.6 is 0 Å². The third-order valence-corrected chi connectivity index (χ3v) is 6.05. The van der Waals surface area contributed by atoms with E-state index in [0.29, 0.717) is 18.7 Å². The van der Waals surface area contributed by atoms with Gasteiger partial charge in [-0.05, 0) is 51.5 Å². The van der Waals surface area contributed by atoms with Gasteiger partial charge in [-0.25, -0.2) is 8.42 Å². The summed E-state index contributed by atoms with van der Waals surface area (Å²) in [7, 11) is -1.14. The molecule has 1 saturated heterocycles. The van der Waals surface area contributed by atoms with Gasteiger partial charge in [0.25, 0.3) is 0 Å². The molecule has 0 N–H and O–H groups in total. The first-order valence-electron chi connectivity index (χ1n) is 7.73. The first kappa shape index (κ1) is 16.5. The van der Waals surface area contributed by atoms with E-state index < -0.39 is 10.0 Å². The second-order valence-electron chi connectivity index (χ2n) is 5.83. The number of sulfonamides is 1. The molecule has 21 heavy (non-hydrogen) atoms. The number of unbranched alkanes of at least 4 members (excludes halogenated alkanes) is 1. The maximum atomic E-state index is 12.7. The fraction of sp³-hybridized carbons (Fsp3) is 0.733. The van der Waals surface area contributed by atoms with Gasteiger partial charge in [-0.15, -0.1) is 0 Å². The molecule has 120 valence electrons. The van der Waals surface area contributed by atoms with Crippen LogP contribution in [0.5, 0.6) is 0 Å². The minimum atomic E-state index is -3.22. The third-order valence-electron chi connectivity index (χ3n) is 4.10. The van der Waals surface area contributed by atoms with Crippen LogP contribution in [0.25, 0.3) is 0 Å². The summed E-state index contributed by atoms with van der Waals surface area (Å²) in [5, 5.41) is 0. The summed E-state index contributed by atoms with van der Waals surface area (Å²) in [4.78, 5) is 2.25. The van der Waals surface area contributed by atoms with Gasteiger partial charge >= 0.3 is 0 Å². The Bertz CT molecular complexity index is 505. The van der Waals surface area contributed by atoms with E-state index in [9.17, 15) is 8.42 Å². The number of hydrogen-bond donors (Lipinski definition) is 0. The highest BCUT2D eigenvalue weighted by Gasteiger charge is 2.32. The number of rotatable bonds is 7. The quantitative estimate of drug-likeness (QED) is 0.775. The van der Waals surface area contributed by atoms with E-state index in [4.69, 9.17) is 4.42 Å². The van der Waals surface area contributed by atoms with Crippen molar-refractivity contribution in [2.45, 2.75) is 45.2 Å². The van der Waals surface area contributed by atoms with Crippen molar-refractivity contribution < 1.29 is 12.8 Å². The topological polar surface area (TPSA) is 53.8 Å². The van der Waals surface area contributed by atoms with Crippen LogP contribution in [0.3, 0.4) is 0 Å². The zero-order chi connectivity index (χ0) is 15.3. The van der Waals surface area contributed by atoms with E-state index in [-0.39, 0.29) is 11.8 Å². The van der Waals surface area contributed by atoms with Gasteiger partial charge < -0.3 is 9.32 Å². The van der Waals surface area contributed by atoms with Gasteiger partial charge in [0, 0.05) is 6.04 Å². The van der Waals surface area contributed by atoms with E-state index in [1.165, 1.54) is 0 Å². The van der Waals surface area contributed by atoms with Gasteiger partial charge in [0.15, 0.2) is 0 Å². The van der Waals surface area contributed by atoms with Crippen molar-refractivity contribution in [1.82, 2.24) is 9.21 Å². The minimum absolute atomic E-state index is 0.0909. The van der Waals surface area contributed by atoms with Crippen LogP contribution in [0.4, 0.5) is 0 Å². The number of likely N-dealkylation sites (tertiary alicyclic amines) is 1. The molecule has 0 aliphatic carbocycles. The zero-order valence-corrected chi connectivity index (χ0v) is 13.8. The van der Waals surface area contributed by atoms with E-state index in [1.54, 1.807) is 16.6 Å². The molecule has 0 bridgehead atoms. The van der Waals surface area contributed by atoms with Crippen molar-refractivity contribution in [1.29, 1.82) is 0 Å². The van der Waals surface area contributed by atoms with Gasteiger partial charge in [-0.2, -0.15) is 4.31 Å². The maximum absolute atomic E-state index is 12.7. The lowest BCUT2D eigenvalue weighted by molar-refractivity contribution is 0.173. The number of piperidine rings is 1. The van der Waals surface area contributed by atoms with Crippen molar-refractivity contribution >= 4 is 10.0 Å². The number of nitrogens with zero attached hydrogens (tertiary/aromatic N) is 2. The molecule has 1 aromatic rings. The second kappa shape index (κ2) is 7.42. The molecule has 0 aromatic carbocycles. The highest BCUT2D eigenvalue weighted by Crippen LogP contribution is 2.22. The van der Waals surface area contributed by atoms with E-state index in [0.717, 1.165) is 32.4 Å². The summed E-state index contributed by atoms with van der Waals surface area (Å²) >= 11 is 0. The highest BCUT2D eigenvalue weighted by atomic mass is 32.2. The molecule has 0 unspecified atom stereocenters. The molecule has 1 fully saturated rings. The Morgan fingerprint density at radius 1 is 1.38 bits per heavy atom. The summed E-state index contributed by atoms with van der Waals surface area (Å²) in [5.41, 5.74) is 0. The Morgan fingerprint density at radius 2 is 2.10 bits per heavy atom. The van der Waals surface area contributed by atoms with Crippen LogP contribution in [-0.4, -0.2) is 49.6 Å². The largest absolute Gasteiger partial charge is 0.468 e. The van der Waals surface area contributed by atoms with Crippen molar-refractivity contribution in [3.63, 3.8) is 0 Å². The molecule has 0 radical (unpaired) electrons. The first-order valence-corrected chi connectivity index (χ1v) is 9.34. The molecule has 6 heteroatoms. The number of furan rings is 1. The summed E-state index contributed by atoms with van der Waals surface area (Å²) in [6.07, 6.45) is 4.98. The van der Waals surface area contributed by atoms with Crippen LogP contribution in [0, 0.1) is 0 Å². The predicted molar refractivity (Wildman–Crippen MR) is 83.5 cm³/mol. The maximum Gasteiger partial charge on any atom is 0.214 e. The minimum Gasteiger partial charge on any atom is -0.468 e. The molecule has 1 aliphatic rings. The molecule has 0 saturated carbocycles. The van der Waals surface area contributed by atoms with Gasteiger partial charge in [0.2, 0.25) is 10.0 Å². The zero-order valence-electron chi connectivity index (χ0n) is 13.0. The highest BCUT2D eigenvalue weighted by molar-refractivity contribution is 7.89. The Balaban J connectivity index is 2.13. The molecule has 0 atom stereocenters. The predicted octanol–water partition coefficient (Wildman–Crippen LogP) is 2.31. The van der Waals surface area contributed by atoms with Crippen molar-refractivity contribution in [3.05, 3.63) is 24.2 Å². The number of hydrogen-bond acceptors (Lipinski definition) is 4. The monoisotopic (exact) mass is 314 g/mol. The van der Waals surface area contributed by atoms with Crippen molar-refractivity contribution in [2.24, 2.45) is 0 Å². The second-order valence-corrected chi connectivity index (χ2v) is 7.87. The Labute approximate surface area is 128 Å². The third kappa shape index (κ3) is 4.56. The Morgan fingerprint density at radius 3 is 2.67 bits per heavy atom. The molecule has 0 spiro atoms. The van der Waals surface area contributed by atoms with Crippen LogP contribution < -0.4 is 0 Å². The normalized spacial score (nSPS) is 18.4. The molecular weight excluding hydrogens is 288 g/mol. The van der Waals surface area contributed by atoms with Crippen LogP contribution in [0.2, 0.25) is 0 Å². The average molecular weight is 314 g/mol. The smallest absolute Gasteiger partial charge is 0.214 e. The molecule has 5 nitrogen and oxygen atoms in total. The fourth-order valence-corrected chi connectivity index (χ4v) is 4.61. The molecular formula is C15H26N2O3S. The van der Waals surface area contributed by atoms with Crippen molar-refractivity contribution in [3.8, 4) is 0 Å². The van der Waals surface area contributed by atoms with Crippen LogP contribution in [-0.2, 0) is 16.6 Å². The van der Waals surface area contributed by atoms with Crippen molar-refractivity contribution in [2.75, 3.05) is 25.9 Å². The lowest BCUT2D eigenvalue weighted by atomic mass is 10.1. The average Bonchev–Trinajstić information content (AvgIpc) is 2.97. The lowest BCUT2D eigenvalue weighted by Crippen LogP contribution is -2.46. The molecule has 2 heterocycles. The van der Waals surface area contributed by atoms with E-state index >= 15 is 0 Å². The molecule has 1 aromatic heterocycles. The molecule has 2 rings (SSSR count). The molecule has 1 aliphatic heterocycles. The Kier molecular flexibility index (Phi) is 5.84. The van der Waals surface area contributed by atoms with Gasteiger partial charge in [0.1, 0.15) is 5.76 Å². The van der Waals surface area contributed by atoms with Gasteiger partial charge in [0.05, 0.1) is 18.6 Å². The summed E-state index contributed by atoms with van der Waals surface area (Å²) in [5.74, 6) is 0.949. The van der Waals surface area contributed by atoms with E-state index in [2.05, 4.69) is 11.9 Å². The van der Waals surface area contributed by atoms with Gasteiger partial charge in [-0.3, -0.25) is 0 Å². The standard InChI is InChI=1S/C15H26N2O3S/c1-3-4-12-21(18,19)17(13-15-6-5-11-20-15)14-7-9-16(2)10-8-14/h5-6,11,14H,3-4,7-10,12-13H2,1-2H3. The summed E-state index contributed by atoms with van der Waals surface area (Å²) in [6.45, 7) is 4.26. The van der Waals surface area contributed by atoms with Crippen LogP contribution in [0.15, 0.2) is 22.8 Å². The van der Waals surface area contributed by atoms with Gasteiger partial charge in [-0.1, -0.05) is 13.3 Å². The van der Waals surface area contributed by atoms with E-state index in [1.807, 2.05) is 13.0 Å². The molecule has 0 amide bonds. The SMILES string of the molecule is CCCCS(=O)(=O)N(Cc1ccco1)C1CCN(C)CC1. The van der Waals surface area contributed by atoms with Crippen LogP contribution in [0.1, 0.15) is 38.4 Å². The Hall–Kier alpha value is -0.850. The summed E-state index contributed by atoms with van der Waals surface area (Å²) in [6, 6.07) is 3.74. The fourth-order valence-electron chi connectivity index (χ4n) is 2.74.